The van der Waals surface area contributed by atoms with Crippen molar-refractivity contribution in [2.24, 2.45) is 0 Å². The molecule has 0 aromatic carbocycles. The van der Waals surface area contributed by atoms with Gasteiger partial charge in [-0.3, -0.25) is 0 Å². The number of aliphatic hydroxyl groups is 1. The van der Waals surface area contributed by atoms with Gasteiger partial charge in [-0.2, -0.15) is 0 Å². The number of hydrogen-bond donors (Lipinski definition) is 1. The Morgan fingerprint density at radius 3 is 2.67 bits per heavy atom. The summed E-state index contributed by atoms with van der Waals surface area (Å²) in [4.78, 5) is 0. The van der Waals surface area contributed by atoms with Gasteiger partial charge in [0.05, 0.1) is 6.26 Å². The number of aliphatic hydroxyl groups excluding tert-OH is 1. The van der Waals surface area contributed by atoms with Gasteiger partial charge in [-0.15, -0.1) is 0 Å². The molecule has 0 spiro atoms. The second-order valence-corrected chi connectivity index (χ2v) is 1.71. The summed E-state index contributed by atoms with van der Waals surface area (Å²) in [7, 11) is 0. The molecular weight excluding hydrogens is 112 g/mol. The SMILES string of the molecule is C=C(/C=C\C=C\O)CC. The molecule has 0 saturated carbocycles. The Hall–Kier alpha value is -0.980. The van der Waals surface area contributed by atoms with E-state index in [1.54, 1.807) is 12.2 Å². The first-order valence-electron chi connectivity index (χ1n) is 2.96. The van der Waals surface area contributed by atoms with Crippen LogP contribution >= 0.6 is 0 Å². The van der Waals surface area contributed by atoms with Crippen LogP contribution in [0, 0.1) is 0 Å². The maximum absolute atomic E-state index is 8.19. The van der Waals surface area contributed by atoms with Gasteiger partial charge in [0.25, 0.3) is 0 Å². The zero-order chi connectivity index (χ0) is 7.11. The van der Waals surface area contributed by atoms with Crippen LogP contribution in [-0.2, 0) is 0 Å². The first-order valence-corrected chi connectivity index (χ1v) is 2.96. The van der Waals surface area contributed by atoms with Crippen LogP contribution in [0.15, 0.2) is 36.6 Å². The van der Waals surface area contributed by atoms with Gasteiger partial charge in [0.15, 0.2) is 0 Å². The fourth-order valence-electron chi connectivity index (χ4n) is 0.359. The van der Waals surface area contributed by atoms with Gasteiger partial charge in [-0.05, 0) is 12.5 Å². The predicted molar refractivity (Wildman–Crippen MR) is 40.3 cm³/mol. The van der Waals surface area contributed by atoms with Crippen molar-refractivity contribution in [2.45, 2.75) is 13.3 Å². The molecule has 0 rings (SSSR count). The van der Waals surface area contributed by atoms with E-state index in [0.29, 0.717) is 0 Å². The van der Waals surface area contributed by atoms with E-state index in [1.807, 2.05) is 13.0 Å². The van der Waals surface area contributed by atoms with Crippen LogP contribution in [0.3, 0.4) is 0 Å². The van der Waals surface area contributed by atoms with Gasteiger partial charge in [-0.1, -0.05) is 31.2 Å². The standard InChI is InChI=1S/C8H12O/c1-3-8(2)6-4-5-7-9/h4-7,9H,2-3H2,1H3/b6-4-,7-5+. The maximum atomic E-state index is 8.19. The third-order valence-electron chi connectivity index (χ3n) is 0.983. The van der Waals surface area contributed by atoms with Crippen LogP contribution in [0.4, 0.5) is 0 Å². The van der Waals surface area contributed by atoms with Crippen LogP contribution in [-0.4, -0.2) is 5.11 Å². The van der Waals surface area contributed by atoms with Crippen molar-refractivity contribution in [2.75, 3.05) is 0 Å². The first-order chi connectivity index (χ1) is 4.31. The lowest BCUT2D eigenvalue weighted by Crippen LogP contribution is -1.66. The van der Waals surface area contributed by atoms with Gasteiger partial charge < -0.3 is 5.11 Å². The highest BCUT2D eigenvalue weighted by Gasteiger charge is 1.76. The van der Waals surface area contributed by atoms with E-state index in [4.69, 9.17) is 5.11 Å². The molecule has 0 amide bonds. The van der Waals surface area contributed by atoms with Crippen LogP contribution < -0.4 is 0 Å². The minimum Gasteiger partial charge on any atom is -0.516 e. The summed E-state index contributed by atoms with van der Waals surface area (Å²) in [5.41, 5.74) is 1.06. The Kier molecular flexibility index (Phi) is 4.60. The summed E-state index contributed by atoms with van der Waals surface area (Å²) in [6.07, 6.45) is 7.13. The molecular formula is C8H12O. The van der Waals surface area contributed by atoms with Gasteiger partial charge >= 0.3 is 0 Å². The van der Waals surface area contributed by atoms with E-state index in [-0.39, 0.29) is 0 Å². The van der Waals surface area contributed by atoms with Crippen molar-refractivity contribution < 1.29 is 5.11 Å². The normalized spacial score (nSPS) is 11.2. The number of allylic oxidation sites excluding steroid dienone is 4. The highest BCUT2D eigenvalue weighted by Crippen LogP contribution is 1.96. The topological polar surface area (TPSA) is 20.2 Å². The van der Waals surface area contributed by atoms with Crippen LogP contribution in [0.2, 0.25) is 0 Å². The molecule has 0 aliphatic rings. The third kappa shape index (κ3) is 4.88. The van der Waals surface area contributed by atoms with Crippen molar-refractivity contribution in [1.29, 1.82) is 0 Å². The summed E-state index contributed by atoms with van der Waals surface area (Å²) in [6.45, 7) is 5.78. The largest absolute Gasteiger partial charge is 0.516 e. The van der Waals surface area contributed by atoms with E-state index < -0.39 is 0 Å². The lowest BCUT2D eigenvalue weighted by Gasteiger charge is -1.86. The van der Waals surface area contributed by atoms with Crippen molar-refractivity contribution in [3.05, 3.63) is 36.6 Å². The average Bonchev–Trinajstić information content (AvgIpc) is 1.89. The predicted octanol–water partition coefficient (Wildman–Crippen LogP) is 2.58. The van der Waals surface area contributed by atoms with E-state index in [9.17, 15) is 0 Å². The van der Waals surface area contributed by atoms with Gasteiger partial charge in [-0.25, -0.2) is 0 Å². The molecule has 9 heavy (non-hydrogen) atoms. The number of hydrogen-bond acceptors (Lipinski definition) is 1. The average molecular weight is 124 g/mol. The summed E-state index contributed by atoms with van der Waals surface area (Å²) >= 11 is 0. The Labute approximate surface area is 56.0 Å². The molecule has 0 aliphatic carbocycles. The lowest BCUT2D eigenvalue weighted by atomic mass is 10.2. The van der Waals surface area contributed by atoms with Crippen molar-refractivity contribution in [1.82, 2.24) is 0 Å². The van der Waals surface area contributed by atoms with Gasteiger partial charge in [0, 0.05) is 0 Å². The summed E-state index contributed by atoms with van der Waals surface area (Å²) in [5, 5.41) is 8.19. The molecule has 0 unspecified atom stereocenters. The molecule has 0 aromatic rings. The minimum absolute atomic E-state index is 0.954. The Morgan fingerprint density at radius 1 is 1.56 bits per heavy atom. The lowest BCUT2D eigenvalue weighted by molar-refractivity contribution is 0.474. The molecule has 0 fully saturated rings. The minimum atomic E-state index is 0.954. The van der Waals surface area contributed by atoms with Crippen molar-refractivity contribution in [3.8, 4) is 0 Å². The van der Waals surface area contributed by atoms with E-state index in [2.05, 4.69) is 6.58 Å². The van der Waals surface area contributed by atoms with Crippen LogP contribution in [0.25, 0.3) is 0 Å². The summed E-state index contributed by atoms with van der Waals surface area (Å²) in [6, 6.07) is 0. The molecule has 1 nitrogen and oxygen atoms in total. The smallest absolute Gasteiger partial charge is 0.0791 e. The van der Waals surface area contributed by atoms with E-state index in [1.165, 1.54) is 0 Å². The third-order valence-corrected chi connectivity index (χ3v) is 0.983. The monoisotopic (exact) mass is 124 g/mol. The second-order valence-electron chi connectivity index (χ2n) is 1.71. The molecule has 0 radical (unpaired) electrons. The molecule has 1 N–H and O–H groups in total. The molecule has 0 bridgehead atoms. The Balaban J connectivity index is 3.57. The first kappa shape index (κ1) is 8.02. The maximum Gasteiger partial charge on any atom is 0.0791 e. The number of rotatable bonds is 3. The Morgan fingerprint density at radius 2 is 2.22 bits per heavy atom. The molecule has 0 aliphatic heterocycles. The molecule has 0 atom stereocenters. The highest BCUT2D eigenvalue weighted by molar-refractivity contribution is 5.17. The zero-order valence-corrected chi connectivity index (χ0v) is 5.67. The fraction of sp³-hybridized carbons (Fsp3) is 0.250. The molecule has 0 aromatic heterocycles. The quantitative estimate of drug-likeness (QED) is 0.453. The molecule has 0 saturated heterocycles. The molecule has 0 heterocycles. The Bertz CT molecular complexity index is 132. The van der Waals surface area contributed by atoms with Crippen molar-refractivity contribution in [3.63, 3.8) is 0 Å². The van der Waals surface area contributed by atoms with Crippen LogP contribution in [0.5, 0.6) is 0 Å². The van der Waals surface area contributed by atoms with Gasteiger partial charge in [0.1, 0.15) is 0 Å². The zero-order valence-electron chi connectivity index (χ0n) is 5.67. The molecule has 50 valence electrons. The molecule has 1 heteroatoms. The summed E-state index contributed by atoms with van der Waals surface area (Å²) < 4.78 is 0. The van der Waals surface area contributed by atoms with E-state index in [0.717, 1.165) is 18.3 Å². The van der Waals surface area contributed by atoms with E-state index >= 15 is 0 Å². The van der Waals surface area contributed by atoms with Crippen molar-refractivity contribution >= 4 is 0 Å². The van der Waals surface area contributed by atoms with Crippen LogP contribution in [0.1, 0.15) is 13.3 Å². The highest BCUT2D eigenvalue weighted by atomic mass is 16.2. The fourth-order valence-corrected chi connectivity index (χ4v) is 0.359. The second kappa shape index (κ2) is 5.16. The summed E-state index contributed by atoms with van der Waals surface area (Å²) in [5.74, 6) is 0. The van der Waals surface area contributed by atoms with Gasteiger partial charge in [0.2, 0.25) is 0 Å².